The number of benzene rings is 1. The fraction of sp³-hybridized carbons (Fsp3) is 0.471. The van der Waals surface area contributed by atoms with E-state index in [4.69, 9.17) is 10.00 Å². The van der Waals surface area contributed by atoms with Gasteiger partial charge in [-0.05, 0) is 25.0 Å². The van der Waals surface area contributed by atoms with Crippen LogP contribution in [0.5, 0.6) is 0 Å². The topological polar surface area (TPSA) is 77.7 Å². The number of hydrogen-bond donors (Lipinski definition) is 1. The van der Waals surface area contributed by atoms with Gasteiger partial charge in [-0.2, -0.15) is 5.26 Å². The lowest BCUT2D eigenvalue weighted by molar-refractivity contribution is -0.146. The summed E-state index contributed by atoms with van der Waals surface area (Å²) < 4.78 is 18.7. The van der Waals surface area contributed by atoms with Crippen LogP contribution >= 0.6 is 24.0 Å². The molecule has 1 aromatic carbocycles. The molecule has 1 aliphatic heterocycles. The van der Waals surface area contributed by atoms with Gasteiger partial charge in [-0.15, -0.1) is 24.0 Å². The highest BCUT2D eigenvalue weighted by Gasteiger charge is 2.26. The molecule has 0 amide bonds. The number of ether oxygens (including phenoxy) is 1. The molecule has 136 valence electrons. The third-order valence-electron chi connectivity index (χ3n) is 4.16. The lowest BCUT2D eigenvalue weighted by Crippen LogP contribution is -2.46. The van der Waals surface area contributed by atoms with Crippen molar-refractivity contribution >= 4 is 35.9 Å². The van der Waals surface area contributed by atoms with Gasteiger partial charge in [0.1, 0.15) is 5.82 Å². The predicted octanol–water partition coefficient (Wildman–Crippen LogP) is 2.28. The van der Waals surface area contributed by atoms with Crippen molar-refractivity contribution in [2.24, 2.45) is 10.9 Å². The molecule has 0 aromatic heterocycles. The summed E-state index contributed by atoms with van der Waals surface area (Å²) in [5, 5.41) is 11.9. The second kappa shape index (κ2) is 10.2. The first-order valence-electron chi connectivity index (χ1n) is 7.81. The van der Waals surface area contributed by atoms with E-state index in [2.05, 4.69) is 10.3 Å². The van der Waals surface area contributed by atoms with E-state index in [1.54, 1.807) is 19.2 Å². The minimum Gasteiger partial charge on any atom is -0.469 e. The number of nitrogens with zero attached hydrogens (tertiary/aromatic N) is 3. The van der Waals surface area contributed by atoms with Crippen LogP contribution in [0, 0.1) is 23.1 Å². The Morgan fingerprint density at radius 3 is 2.68 bits per heavy atom. The number of piperidine rings is 1. The number of aliphatic imine (C=N–C) groups is 1. The lowest BCUT2D eigenvalue weighted by Gasteiger charge is -2.33. The van der Waals surface area contributed by atoms with Gasteiger partial charge in [0.25, 0.3) is 0 Å². The molecule has 1 saturated heterocycles. The highest BCUT2D eigenvalue weighted by Crippen LogP contribution is 2.18. The van der Waals surface area contributed by atoms with Crippen LogP contribution in [-0.4, -0.2) is 44.1 Å². The van der Waals surface area contributed by atoms with Gasteiger partial charge in [-0.3, -0.25) is 9.79 Å². The van der Waals surface area contributed by atoms with Crippen LogP contribution in [0.15, 0.2) is 23.2 Å². The number of nitriles is 1. The third kappa shape index (κ3) is 5.56. The minimum absolute atomic E-state index is 0. The molecular formula is C17H22FIN4O2. The third-order valence-corrected chi connectivity index (χ3v) is 4.16. The molecule has 6 nitrogen and oxygen atoms in total. The molecule has 0 aliphatic carbocycles. The average Bonchev–Trinajstić information content (AvgIpc) is 2.63. The van der Waals surface area contributed by atoms with Gasteiger partial charge in [0, 0.05) is 32.2 Å². The number of likely N-dealkylation sites (tertiary alicyclic amines) is 1. The summed E-state index contributed by atoms with van der Waals surface area (Å²) in [4.78, 5) is 17.8. The molecular weight excluding hydrogens is 438 g/mol. The molecule has 1 aliphatic rings. The van der Waals surface area contributed by atoms with Crippen molar-refractivity contribution in [2.45, 2.75) is 19.4 Å². The molecule has 2 rings (SSSR count). The summed E-state index contributed by atoms with van der Waals surface area (Å²) in [6.07, 6.45) is 1.41. The van der Waals surface area contributed by atoms with Crippen molar-refractivity contribution in [1.82, 2.24) is 10.2 Å². The van der Waals surface area contributed by atoms with E-state index in [0.717, 1.165) is 0 Å². The molecule has 1 N–H and O–H groups in total. The molecule has 1 aromatic rings. The largest absolute Gasteiger partial charge is 0.469 e. The maximum absolute atomic E-state index is 13.9. The lowest BCUT2D eigenvalue weighted by atomic mass is 9.97. The number of guanidine groups is 1. The summed E-state index contributed by atoms with van der Waals surface area (Å²) in [6.45, 7) is 1.66. The van der Waals surface area contributed by atoms with Gasteiger partial charge in [-0.25, -0.2) is 4.39 Å². The SMILES string of the molecule is CN=C(NCc1ccc(C#N)cc1F)N1CCC(C(=O)OC)CC1.I. The number of methoxy groups -OCH3 is 1. The standard InChI is InChI=1S/C17H21FN4O2.HI/c1-20-17(22-7-5-13(6-8-22)16(23)24-2)21-11-14-4-3-12(10-19)9-15(14)18;/h3-4,9,13H,5-8,11H2,1-2H3,(H,20,21);1H. The number of rotatable bonds is 3. The zero-order valence-electron chi connectivity index (χ0n) is 14.3. The quantitative estimate of drug-likeness (QED) is 0.324. The number of esters is 1. The summed E-state index contributed by atoms with van der Waals surface area (Å²) in [7, 11) is 3.07. The monoisotopic (exact) mass is 460 g/mol. The van der Waals surface area contributed by atoms with Crippen LogP contribution in [0.25, 0.3) is 0 Å². The van der Waals surface area contributed by atoms with E-state index in [-0.39, 0.29) is 42.4 Å². The Morgan fingerprint density at radius 2 is 2.16 bits per heavy atom. The summed E-state index contributed by atoms with van der Waals surface area (Å²) in [6, 6.07) is 6.32. The Labute approximate surface area is 164 Å². The Balaban J connectivity index is 0.00000312. The fourth-order valence-corrected chi connectivity index (χ4v) is 2.76. The average molecular weight is 460 g/mol. The maximum atomic E-state index is 13.9. The first-order valence-corrected chi connectivity index (χ1v) is 7.81. The van der Waals surface area contributed by atoms with E-state index >= 15 is 0 Å². The van der Waals surface area contributed by atoms with Gasteiger partial charge in [0.2, 0.25) is 0 Å². The second-order valence-electron chi connectivity index (χ2n) is 5.60. The summed E-state index contributed by atoms with van der Waals surface area (Å²) in [5.74, 6) is 0.0149. The van der Waals surface area contributed by atoms with Crippen molar-refractivity contribution in [3.8, 4) is 6.07 Å². The predicted molar refractivity (Wildman–Crippen MR) is 103 cm³/mol. The van der Waals surface area contributed by atoms with E-state index in [9.17, 15) is 9.18 Å². The zero-order chi connectivity index (χ0) is 17.5. The molecule has 0 spiro atoms. The van der Waals surface area contributed by atoms with Gasteiger partial charge in [0.15, 0.2) is 5.96 Å². The van der Waals surface area contributed by atoms with Crippen LogP contribution in [0.2, 0.25) is 0 Å². The van der Waals surface area contributed by atoms with E-state index < -0.39 is 5.82 Å². The minimum atomic E-state index is -0.415. The smallest absolute Gasteiger partial charge is 0.308 e. The van der Waals surface area contributed by atoms with Crippen molar-refractivity contribution < 1.29 is 13.9 Å². The van der Waals surface area contributed by atoms with Gasteiger partial charge in [-0.1, -0.05) is 6.07 Å². The molecule has 0 unspecified atom stereocenters. The number of carbonyl (C=O) groups excluding carboxylic acids is 1. The van der Waals surface area contributed by atoms with Gasteiger partial charge < -0.3 is 15.0 Å². The Hall–Kier alpha value is -1.89. The molecule has 0 saturated carbocycles. The molecule has 0 radical (unpaired) electrons. The second-order valence-corrected chi connectivity index (χ2v) is 5.60. The highest BCUT2D eigenvalue weighted by atomic mass is 127. The van der Waals surface area contributed by atoms with Gasteiger partial charge in [0.05, 0.1) is 24.7 Å². The maximum Gasteiger partial charge on any atom is 0.308 e. The molecule has 25 heavy (non-hydrogen) atoms. The van der Waals surface area contributed by atoms with Crippen LogP contribution < -0.4 is 5.32 Å². The van der Waals surface area contributed by atoms with E-state index in [1.165, 1.54) is 13.2 Å². The van der Waals surface area contributed by atoms with E-state index in [0.29, 0.717) is 43.0 Å². The Kier molecular flexibility index (Phi) is 8.61. The number of carbonyl (C=O) groups is 1. The first kappa shape index (κ1) is 21.2. The Bertz CT molecular complexity index is 667. The van der Waals surface area contributed by atoms with Crippen molar-refractivity contribution in [3.05, 3.63) is 35.1 Å². The summed E-state index contributed by atoms with van der Waals surface area (Å²) in [5.41, 5.74) is 0.769. The number of halogens is 2. The van der Waals surface area contributed by atoms with Crippen LogP contribution in [0.1, 0.15) is 24.0 Å². The molecule has 8 heteroatoms. The van der Waals surface area contributed by atoms with Crippen LogP contribution in [0.4, 0.5) is 4.39 Å². The molecule has 0 bridgehead atoms. The van der Waals surface area contributed by atoms with Crippen molar-refractivity contribution in [2.75, 3.05) is 27.2 Å². The molecule has 1 heterocycles. The zero-order valence-corrected chi connectivity index (χ0v) is 16.6. The summed E-state index contributed by atoms with van der Waals surface area (Å²) >= 11 is 0. The van der Waals surface area contributed by atoms with Crippen molar-refractivity contribution in [1.29, 1.82) is 5.26 Å². The van der Waals surface area contributed by atoms with Crippen LogP contribution in [-0.2, 0) is 16.1 Å². The molecule has 1 fully saturated rings. The molecule has 0 atom stereocenters. The van der Waals surface area contributed by atoms with E-state index in [1.807, 2.05) is 11.0 Å². The van der Waals surface area contributed by atoms with Gasteiger partial charge >= 0.3 is 5.97 Å². The van der Waals surface area contributed by atoms with Crippen molar-refractivity contribution in [3.63, 3.8) is 0 Å². The highest BCUT2D eigenvalue weighted by molar-refractivity contribution is 14.0. The first-order chi connectivity index (χ1) is 11.6. The number of nitrogens with one attached hydrogen (secondary N) is 1. The Morgan fingerprint density at radius 1 is 1.48 bits per heavy atom. The van der Waals surface area contributed by atoms with Crippen LogP contribution in [0.3, 0.4) is 0 Å². The normalized spacial score (nSPS) is 15.1. The number of hydrogen-bond acceptors (Lipinski definition) is 4. The fourth-order valence-electron chi connectivity index (χ4n) is 2.76.